The lowest BCUT2D eigenvalue weighted by atomic mass is 10.0. The van der Waals surface area contributed by atoms with Gasteiger partial charge < -0.3 is 4.74 Å². The Kier molecular flexibility index (Phi) is 12.6. The van der Waals surface area contributed by atoms with Crippen molar-refractivity contribution in [2.75, 3.05) is 6.61 Å². The highest BCUT2D eigenvalue weighted by Gasteiger charge is 2.14. The molecule has 0 heterocycles. The molecular formula is C23H40O. The summed E-state index contributed by atoms with van der Waals surface area (Å²) in [6.45, 7) is 15.9. The molecule has 0 fully saturated rings. The van der Waals surface area contributed by atoms with Gasteiger partial charge in [-0.25, -0.2) is 0 Å². The van der Waals surface area contributed by atoms with E-state index in [0.29, 0.717) is 0 Å². The van der Waals surface area contributed by atoms with E-state index in [1.807, 2.05) is 0 Å². The quantitative estimate of drug-likeness (QED) is 0.335. The first-order valence-corrected chi connectivity index (χ1v) is 9.50. The summed E-state index contributed by atoms with van der Waals surface area (Å²) >= 11 is 0. The largest absolute Gasteiger partial charge is 0.376 e. The van der Waals surface area contributed by atoms with Gasteiger partial charge in [0.1, 0.15) is 0 Å². The Balaban J connectivity index is 4.01. The van der Waals surface area contributed by atoms with Crippen molar-refractivity contribution in [3.63, 3.8) is 0 Å². The molecule has 0 aromatic carbocycles. The van der Waals surface area contributed by atoms with Crippen molar-refractivity contribution in [1.29, 1.82) is 0 Å². The molecule has 24 heavy (non-hydrogen) atoms. The lowest BCUT2D eigenvalue weighted by Crippen LogP contribution is -2.23. The Bertz CT molecular complexity index is 443. The second kappa shape index (κ2) is 13.2. The summed E-state index contributed by atoms with van der Waals surface area (Å²) in [5.41, 5.74) is 4.37. The normalized spacial score (nSPS) is 13.6. The summed E-state index contributed by atoms with van der Waals surface area (Å²) in [5.74, 6) is 0. The van der Waals surface area contributed by atoms with Gasteiger partial charge in [0.2, 0.25) is 0 Å². The van der Waals surface area contributed by atoms with Gasteiger partial charge in [-0.1, -0.05) is 47.1 Å². The average molecular weight is 333 g/mol. The summed E-state index contributed by atoms with van der Waals surface area (Å²) in [7, 11) is 0. The Morgan fingerprint density at radius 1 is 0.833 bits per heavy atom. The van der Waals surface area contributed by atoms with Gasteiger partial charge in [-0.05, 0) is 87.0 Å². The Labute approximate surface area is 151 Å². The van der Waals surface area contributed by atoms with Crippen molar-refractivity contribution in [3.8, 4) is 0 Å². The van der Waals surface area contributed by atoms with Gasteiger partial charge in [-0.15, -0.1) is 0 Å². The maximum atomic E-state index is 5.70. The maximum Gasteiger partial charge on any atom is 0.0660 e. The number of ether oxygens (including phenoxy) is 1. The third-order valence-corrected chi connectivity index (χ3v) is 4.04. The van der Waals surface area contributed by atoms with E-state index in [2.05, 4.69) is 78.8 Å². The predicted molar refractivity (Wildman–Crippen MR) is 109 cm³/mol. The highest BCUT2D eigenvalue weighted by Crippen LogP contribution is 2.15. The fourth-order valence-corrected chi connectivity index (χ4v) is 2.52. The zero-order chi connectivity index (χ0) is 18.4. The minimum absolute atomic E-state index is 0.0438. The Hall–Kier alpha value is -1.08. The van der Waals surface area contributed by atoms with E-state index in [0.717, 1.165) is 32.3 Å². The van der Waals surface area contributed by atoms with Crippen molar-refractivity contribution in [1.82, 2.24) is 0 Å². The van der Waals surface area contributed by atoms with Crippen LogP contribution in [0.1, 0.15) is 87.0 Å². The summed E-state index contributed by atoms with van der Waals surface area (Å²) in [4.78, 5) is 0. The smallest absolute Gasteiger partial charge is 0.0660 e. The first-order chi connectivity index (χ1) is 11.3. The fraction of sp³-hybridized carbons (Fsp3) is 0.652. The number of hydrogen-bond acceptors (Lipinski definition) is 1. The molecule has 0 amide bonds. The molecule has 0 saturated heterocycles. The number of allylic oxidation sites excluding steroid dienone is 7. The molecule has 0 spiro atoms. The second-order valence-corrected chi connectivity index (χ2v) is 7.56. The molecule has 0 aromatic rings. The number of rotatable bonds is 12. The van der Waals surface area contributed by atoms with Crippen LogP contribution in [0.15, 0.2) is 47.1 Å². The molecule has 0 rings (SSSR count). The molecule has 0 atom stereocenters. The molecule has 0 saturated carbocycles. The first-order valence-electron chi connectivity index (χ1n) is 9.50. The fourth-order valence-electron chi connectivity index (χ4n) is 2.52. The van der Waals surface area contributed by atoms with Crippen LogP contribution in [-0.2, 0) is 4.74 Å². The van der Waals surface area contributed by atoms with Crippen LogP contribution >= 0.6 is 0 Å². The standard InChI is InChI=1S/C23H40O/c1-8-24-23(6,7)19-11-9-10-15-21(4)17-13-18-22(5)16-12-14-20(2)3/h9,11,14-15,18H,8,10,12-13,16-17,19H2,1-7H3/b11-9+,21-15+,22-18+. The summed E-state index contributed by atoms with van der Waals surface area (Å²) in [5, 5.41) is 0. The van der Waals surface area contributed by atoms with Crippen molar-refractivity contribution in [3.05, 3.63) is 47.1 Å². The summed E-state index contributed by atoms with van der Waals surface area (Å²) < 4.78 is 5.70. The molecule has 1 heteroatoms. The Morgan fingerprint density at radius 3 is 2.00 bits per heavy atom. The number of hydrogen-bond donors (Lipinski definition) is 0. The summed E-state index contributed by atoms with van der Waals surface area (Å²) in [6.07, 6.45) is 18.2. The topological polar surface area (TPSA) is 9.23 Å². The van der Waals surface area contributed by atoms with Gasteiger partial charge >= 0.3 is 0 Å². The van der Waals surface area contributed by atoms with E-state index in [4.69, 9.17) is 4.74 Å². The molecule has 0 bridgehead atoms. The maximum absolute atomic E-state index is 5.70. The minimum Gasteiger partial charge on any atom is -0.376 e. The van der Waals surface area contributed by atoms with Crippen LogP contribution in [0.25, 0.3) is 0 Å². The van der Waals surface area contributed by atoms with Gasteiger partial charge in [0, 0.05) is 6.61 Å². The lowest BCUT2D eigenvalue weighted by molar-refractivity contribution is -0.00735. The minimum atomic E-state index is -0.0438. The van der Waals surface area contributed by atoms with Gasteiger partial charge in [-0.2, -0.15) is 0 Å². The van der Waals surface area contributed by atoms with Crippen molar-refractivity contribution in [2.45, 2.75) is 92.6 Å². The first kappa shape index (κ1) is 22.9. The van der Waals surface area contributed by atoms with E-state index in [1.54, 1.807) is 0 Å². The summed E-state index contributed by atoms with van der Waals surface area (Å²) in [6, 6.07) is 0. The van der Waals surface area contributed by atoms with Crippen LogP contribution in [0.5, 0.6) is 0 Å². The molecule has 0 unspecified atom stereocenters. The average Bonchev–Trinajstić information content (AvgIpc) is 2.46. The zero-order valence-electron chi connectivity index (χ0n) is 17.2. The molecule has 0 aliphatic heterocycles. The second-order valence-electron chi connectivity index (χ2n) is 7.56. The molecule has 0 N–H and O–H groups in total. The molecule has 0 radical (unpaired) electrons. The molecule has 0 aromatic heterocycles. The van der Waals surface area contributed by atoms with Crippen LogP contribution in [0, 0.1) is 0 Å². The van der Waals surface area contributed by atoms with E-state index >= 15 is 0 Å². The van der Waals surface area contributed by atoms with Crippen LogP contribution in [0.2, 0.25) is 0 Å². The van der Waals surface area contributed by atoms with Crippen molar-refractivity contribution >= 4 is 0 Å². The molecule has 0 aliphatic carbocycles. The SMILES string of the molecule is CCOC(C)(C)C/C=C/C/C=C(\C)CC/C=C(\C)CCC=C(C)C. The van der Waals surface area contributed by atoms with Gasteiger partial charge in [-0.3, -0.25) is 0 Å². The Morgan fingerprint density at radius 2 is 1.42 bits per heavy atom. The molecular weight excluding hydrogens is 292 g/mol. The zero-order valence-corrected chi connectivity index (χ0v) is 17.2. The van der Waals surface area contributed by atoms with E-state index < -0.39 is 0 Å². The van der Waals surface area contributed by atoms with E-state index in [9.17, 15) is 0 Å². The van der Waals surface area contributed by atoms with Crippen LogP contribution < -0.4 is 0 Å². The van der Waals surface area contributed by atoms with Gasteiger partial charge in [0.15, 0.2) is 0 Å². The molecule has 138 valence electrons. The monoisotopic (exact) mass is 332 g/mol. The lowest BCUT2D eigenvalue weighted by Gasteiger charge is -2.22. The van der Waals surface area contributed by atoms with Gasteiger partial charge in [0.05, 0.1) is 5.60 Å². The molecule has 1 nitrogen and oxygen atoms in total. The molecule has 0 aliphatic rings. The third-order valence-electron chi connectivity index (χ3n) is 4.04. The van der Waals surface area contributed by atoms with Crippen LogP contribution in [0.4, 0.5) is 0 Å². The highest BCUT2D eigenvalue weighted by molar-refractivity contribution is 5.07. The van der Waals surface area contributed by atoms with Crippen molar-refractivity contribution in [2.24, 2.45) is 0 Å². The van der Waals surface area contributed by atoms with Gasteiger partial charge in [0.25, 0.3) is 0 Å². The third kappa shape index (κ3) is 14.5. The highest BCUT2D eigenvalue weighted by atomic mass is 16.5. The van der Waals surface area contributed by atoms with E-state index in [1.165, 1.54) is 29.6 Å². The van der Waals surface area contributed by atoms with Crippen LogP contribution in [0.3, 0.4) is 0 Å². The van der Waals surface area contributed by atoms with E-state index in [-0.39, 0.29) is 5.60 Å². The van der Waals surface area contributed by atoms with Crippen molar-refractivity contribution < 1.29 is 4.74 Å². The predicted octanol–water partition coefficient (Wildman–Crippen LogP) is 7.56. The van der Waals surface area contributed by atoms with Crippen LogP contribution in [-0.4, -0.2) is 12.2 Å².